The molecule has 0 aliphatic rings. The summed E-state index contributed by atoms with van der Waals surface area (Å²) in [6, 6.07) is 4.72. The van der Waals surface area contributed by atoms with Crippen molar-refractivity contribution in [3.05, 3.63) is 23.8 Å². The molecule has 0 bridgehead atoms. The molecule has 0 spiro atoms. The Kier molecular flexibility index (Phi) is 6.76. The van der Waals surface area contributed by atoms with E-state index in [0.29, 0.717) is 17.9 Å². The molecule has 4 N–H and O–H groups in total. The molecule has 16 heavy (non-hydrogen) atoms. The van der Waals surface area contributed by atoms with Gasteiger partial charge < -0.3 is 15.6 Å². The fraction of sp³-hybridized carbons (Fsp3) is 0.417. The molecule has 0 aromatic heterocycles. The first-order chi connectivity index (χ1) is 7.65. The first-order valence-corrected chi connectivity index (χ1v) is 5.45. The number of nitrogens with one attached hydrogen (secondary N) is 1. The third-order valence-corrected chi connectivity index (χ3v) is 1.73. The highest BCUT2D eigenvalue weighted by Gasteiger charge is 2.05. The summed E-state index contributed by atoms with van der Waals surface area (Å²) in [4.78, 5) is 0. The Hall–Kier alpha value is -1.71. The average molecular weight is 224 g/mol. The highest BCUT2D eigenvalue weighted by atomic mass is 16.5. The molecule has 0 aliphatic heterocycles. The quantitative estimate of drug-likeness (QED) is 0.543. The van der Waals surface area contributed by atoms with E-state index in [9.17, 15) is 5.11 Å². The van der Waals surface area contributed by atoms with Crippen molar-refractivity contribution in [2.45, 2.75) is 27.2 Å². The van der Waals surface area contributed by atoms with Crippen molar-refractivity contribution < 1.29 is 9.84 Å². The highest BCUT2D eigenvalue weighted by Crippen LogP contribution is 2.23. The Balaban J connectivity index is 0.00000106. The lowest BCUT2D eigenvalue weighted by Gasteiger charge is -2.07. The molecule has 4 nitrogen and oxygen atoms in total. The number of phenols is 1. The van der Waals surface area contributed by atoms with Gasteiger partial charge >= 0.3 is 0 Å². The van der Waals surface area contributed by atoms with Gasteiger partial charge in [0, 0.05) is 6.07 Å². The SMILES string of the molecule is CC.CCCOc1ccc(C(=N)N)c(O)c1. The minimum Gasteiger partial charge on any atom is -0.507 e. The van der Waals surface area contributed by atoms with E-state index >= 15 is 0 Å². The number of phenolic OH excluding ortho intramolecular Hbond substituents is 1. The van der Waals surface area contributed by atoms with Crippen LogP contribution in [-0.2, 0) is 0 Å². The van der Waals surface area contributed by atoms with Gasteiger partial charge in [0.15, 0.2) is 0 Å². The van der Waals surface area contributed by atoms with Crippen LogP contribution < -0.4 is 10.5 Å². The fourth-order valence-corrected chi connectivity index (χ4v) is 1.05. The molecule has 0 saturated carbocycles. The number of benzene rings is 1. The van der Waals surface area contributed by atoms with Crippen molar-refractivity contribution in [3.63, 3.8) is 0 Å². The number of nitrogen functional groups attached to an aromatic ring is 1. The standard InChI is InChI=1S/C10H14N2O2.C2H6/c1-2-5-14-7-3-4-8(10(11)12)9(13)6-7;1-2/h3-4,6,13H,2,5H2,1H3,(H3,11,12);1-2H3. The predicted octanol–water partition coefficient (Wildman–Crippen LogP) is 2.49. The summed E-state index contributed by atoms with van der Waals surface area (Å²) in [7, 11) is 0. The van der Waals surface area contributed by atoms with Gasteiger partial charge in [-0.25, -0.2) is 0 Å². The fourth-order valence-electron chi connectivity index (χ4n) is 1.05. The van der Waals surface area contributed by atoms with Crippen molar-refractivity contribution in [3.8, 4) is 11.5 Å². The van der Waals surface area contributed by atoms with Crippen LogP contribution in [0.1, 0.15) is 32.8 Å². The van der Waals surface area contributed by atoms with Crippen LogP contribution in [0.3, 0.4) is 0 Å². The molecule has 1 aromatic rings. The molecular formula is C12H20N2O2. The Bertz CT molecular complexity index is 338. The van der Waals surface area contributed by atoms with Crippen LogP contribution in [-0.4, -0.2) is 17.5 Å². The van der Waals surface area contributed by atoms with Crippen molar-refractivity contribution in [1.29, 1.82) is 5.41 Å². The largest absolute Gasteiger partial charge is 0.507 e. The van der Waals surface area contributed by atoms with Gasteiger partial charge in [0.05, 0.1) is 12.2 Å². The second kappa shape index (κ2) is 7.56. The first kappa shape index (κ1) is 14.3. The summed E-state index contributed by atoms with van der Waals surface area (Å²) < 4.78 is 5.30. The van der Waals surface area contributed by atoms with E-state index in [1.807, 2.05) is 20.8 Å². The zero-order chi connectivity index (χ0) is 12.6. The van der Waals surface area contributed by atoms with Crippen LogP contribution in [0.4, 0.5) is 0 Å². The normalized spacial score (nSPS) is 8.94. The lowest BCUT2D eigenvalue weighted by molar-refractivity contribution is 0.315. The molecular weight excluding hydrogens is 204 g/mol. The van der Waals surface area contributed by atoms with Gasteiger partial charge in [0.25, 0.3) is 0 Å². The van der Waals surface area contributed by atoms with E-state index in [2.05, 4.69) is 0 Å². The predicted molar refractivity (Wildman–Crippen MR) is 66.3 cm³/mol. The van der Waals surface area contributed by atoms with Crippen LogP contribution in [0.2, 0.25) is 0 Å². The topological polar surface area (TPSA) is 79.3 Å². The number of nitrogens with two attached hydrogens (primary N) is 1. The van der Waals surface area contributed by atoms with Crippen molar-refractivity contribution in [1.82, 2.24) is 0 Å². The van der Waals surface area contributed by atoms with Crippen LogP contribution in [0, 0.1) is 5.41 Å². The maximum absolute atomic E-state index is 9.46. The second-order valence-electron chi connectivity index (χ2n) is 2.94. The van der Waals surface area contributed by atoms with E-state index < -0.39 is 0 Å². The second-order valence-corrected chi connectivity index (χ2v) is 2.94. The molecule has 0 fully saturated rings. The molecule has 0 amide bonds. The lowest BCUT2D eigenvalue weighted by Crippen LogP contribution is -2.11. The van der Waals surface area contributed by atoms with Gasteiger partial charge in [-0.15, -0.1) is 0 Å². The lowest BCUT2D eigenvalue weighted by atomic mass is 10.2. The van der Waals surface area contributed by atoms with Crippen molar-refractivity contribution in [2.75, 3.05) is 6.61 Å². The van der Waals surface area contributed by atoms with Crippen LogP contribution >= 0.6 is 0 Å². The van der Waals surface area contributed by atoms with E-state index in [-0.39, 0.29) is 11.6 Å². The Morgan fingerprint density at radius 1 is 1.44 bits per heavy atom. The summed E-state index contributed by atoms with van der Waals surface area (Å²) in [6.07, 6.45) is 0.912. The molecule has 0 heterocycles. The third kappa shape index (κ3) is 4.21. The van der Waals surface area contributed by atoms with Gasteiger partial charge in [-0.2, -0.15) is 0 Å². The number of amidine groups is 1. The number of rotatable bonds is 4. The maximum Gasteiger partial charge on any atom is 0.130 e. The monoisotopic (exact) mass is 224 g/mol. The first-order valence-electron chi connectivity index (χ1n) is 5.45. The highest BCUT2D eigenvalue weighted by molar-refractivity contribution is 5.97. The van der Waals surface area contributed by atoms with E-state index in [1.54, 1.807) is 12.1 Å². The summed E-state index contributed by atoms with van der Waals surface area (Å²) in [5, 5.41) is 16.6. The van der Waals surface area contributed by atoms with Gasteiger partial charge in [0.1, 0.15) is 17.3 Å². The van der Waals surface area contributed by atoms with Gasteiger partial charge in [-0.1, -0.05) is 20.8 Å². The minimum atomic E-state index is -0.149. The molecule has 90 valence electrons. The Morgan fingerprint density at radius 2 is 2.06 bits per heavy atom. The maximum atomic E-state index is 9.46. The molecule has 4 heteroatoms. The molecule has 1 rings (SSSR count). The number of aromatic hydroxyl groups is 1. The zero-order valence-corrected chi connectivity index (χ0v) is 10.1. The van der Waals surface area contributed by atoms with Crippen LogP contribution in [0.15, 0.2) is 18.2 Å². The van der Waals surface area contributed by atoms with E-state index in [1.165, 1.54) is 6.07 Å². The summed E-state index contributed by atoms with van der Waals surface area (Å²) in [5.41, 5.74) is 5.57. The average Bonchev–Trinajstić information content (AvgIpc) is 2.28. The molecule has 0 unspecified atom stereocenters. The zero-order valence-electron chi connectivity index (χ0n) is 10.1. The van der Waals surface area contributed by atoms with E-state index in [0.717, 1.165) is 6.42 Å². The number of hydrogen-bond donors (Lipinski definition) is 3. The Labute approximate surface area is 96.6 Å². The molecule has 0 atom stereocenters. The molecule has 0 aliphatic carbocycles. The smallest absolute Gasteiger partial charge is 0.130 e. The minimum absolute atomic E-state index is 0.0221. The third-order valence-electron chi connectivity index (χ3n) is 1.73. The van der Waals surface area contributed by atoms with Crippen molar-refractivity contribution in [2.24, 2.45) is 5.73 Å². The summed E-state index contributed by atoms with van der Waals surface area (Å²) in [6.45, 7) is 6.61. The van der Waals surface area contributed by atoms with Crippen LogP contribution in [0.25, 0.3) is 0 Å². The molecule has 0 radical (unpaired) electrons. The Morgan fingerprint density at radius 3 is 2.50 bits per heavy atom. The van der Waals surface area contributed by atoms with Gasteiger partial charge in [0.2, 0.25) is 0 Å². The van der Waals surface area contributed by atoms with E-state index in [4.69, 9.17) is 15.9 Å². The van der Waals surface area contributed by atoms with Gasteiger partial charge in [-0.3, -0.25) is 5.41 Å². The van der Waals surface area contributed by atoms with Gasteiger partial charge in [-0.05, 0) is 18.6 Å². The summed E-state index contributed by atoms with van der Waals surface area (Å²) in [5.74, 6) is 0.421. The molecule has 1 aromatic carbocycles. The number of ether oxygens (including phenoxy) is 1. The summed E-state index contributed by atoms with van der Waals surface area (Å²) >= 11 is 0. The van der Waals surface area contributed by atoms with Crippen LogP contribution in [0.5, 0.6) is 11.5 Å². The number of hydrogen-bond acceptors (Lipinski definition) is 3. The van der Waals surface area contributed by atoms with Crippen molar-refractivity contribution >= 4 is 5.84 Å². The molecule has 0 saturated heterocycles.